The number of aliphatic imine (C=N–C) groups is 2. The Hall–Kier alpha value is -3.17. The topological polar surface area (TPSA) is 140 Å². The van der Waals surface area contributed by atoms with Crippen molar-refractivity contribution in [3.63, 3.8) is 0 Å². The second-order valence-electron chi connectivity index (χ2n) is 14.8. The molecule has 0 unspecified atom stereocenters. The molecule has 0 aromatic heterocycles. The fourth-order valence-electron chi connectivity index (χ4n) is 4.10. The number of hydrogen-bond acceptors (Lipinski definition) is 6. The molecule has 0 atom stereocenters. The van der Waals surface area contributed by atoms with E-state index >= 15 is 0 Å². The Morgan fingerprint density at radius 1 is 0.682 bits per heavy atom. The summed E-state index contributed by atoms with van der Waals surface area (Å²) in [5.74, 6) is -1.58. The minimum absolute atomic E-state index is 0. The van der Waals surface area contributed by atoms with Crippen LogP contribution in [0.2, 0.25) is 0 Å². The van der Waals surface area contributed by atoms with Gasteiger partial charge in [0, 0.05) is 51.5 Å². The average Bonchev–Trinajstić information content (AvgIpc) is 2.82. The zero-order valence-electron chi connectivity index (χ0n) is 28.4. The Bertz CT molecular complexity index is 1340. The molecule has 8 nitrogen and oxygen atoms in total. The summed E-state index contributed by atoms with van der Waals surface area (Å²) < 4.78 is 0. The molecule has 4 N–H and O–H groups in total. The van der Waals surface area contributed by atoms with Crippen molar-refractivity contribution in [1.29, 1.82) is 0 Å². The Morgan fingerprint density at radius 2 is 1.11 bits per heavy atom. The summed E-state index contributed by atoms with van der Waals surface area (Å²) in [5, 5.41) is 37.6. The number of carboxylic acid groups (broad SMARTS) is 2. The number of carbonyl (C=O) groups is 2. The van der Waals surface area contributed by atoms with Crippen LogP contribution in [0, 0.1) is 6.92 Å². The smallest absolute Gasteiger partial charge is 0.303 e. The Kier molecular flexibility index (Phi) is 14.6. The summed E-state index contributed by atoms with van der Waals surface area (Å²) in [6.07, 6.45) is 2.92. The van der Waals surface area contributed by atoms with E-state index in [0.29, 0.717) is 6.54 Å². The van der Waals surface area contributed by atoms with Gasteiger partial charge in [-0.2, -0.15) is 0 Å². The van der Waals surface area contributed by atoms with Crippen molar-refractivity contribution < 1.29 is 46.8 Å². The van der Waals surface area contributed by atoms with Crippen molar-refractivity contribution in [1.82, 2.24) is 0 Å². The zero-order valence-corrected chi connectivity index (χ0v) is 29.5. The maximum Gasteiger partial charge on any atom is 0.303 e. The molecule has 0 heterocycles. The van der Waals surface area contributed by atoms with Gasteiger partial charge >= 0.3 is 11.9 Å². The van der Waals surface area contributed by atoms with Crippen LogP contribution < -0.4 is 0 Å². The van der Waals surface area contributed by atoms with Gasteiger partial charge in [-0.15, -0.1) is 0 Å². The van der Waals surface area contributed by atoms with E-state index in [1.54, 1.807) is 12.4 Å². The number of aliphatic carboxylic acids is 2. The van der Waals surface area contributed by atoms with Crippen LogP contribution in [0.4, 0.5) is 0 Å². The van der Waals surface area contributed by atoms with E-state index < -0.39 is 17.5 Å². The van der Waals surface area contributed by atoms with Crippen LogP contribution in [-0.4, -0.2) is 56.9 Å². The molecular weight excluding hydrogens is 603 g/mol. The minimum atomic E-state index is -1.08. The van der Waals surface area contributed by atoms with E-state index in [1.807, 2.05) is 39.0 Å². The molecule has 2 aromatic carbocycles. The molecule has 0 aliphatic heterocycles. The van der Waals surface area contributed by atoms with Crippen molar-refractivity contribution in [3.05, 3.63) is 57.6 Å². The van der Waals surface area contributed by atoms with Crippen LogP contribution >= 0.6 is 0 Å². The fraction of sp³-hybridized carbons (Fsp3) is 0.543. The first-order valence-electron chi connectivity index (χ1n) is 14.6. The van der Waals surface area contributed by atoms with E-state index in [2.05, 4.69) is 73.4 Å². The first-order chi connectivity index (χ1) is 19.3. The molecule has 9 heteroatoms. The summed E-state index contributed by atoms with van der Waals surface area (Å²) >= 11 is 0. The number of aromatic hydroxyl groups is 2. The maximum absolute atomic E-state index is 11.0. The first kappa shape index (κ1) is 40.8. The number of hydrogen-bond donors (Lipinski definition) is 4. The van der Waals surface area contributed by atoms with Crippen molar-refractivity contribution in [2.45, 2.75) is 118 Å². The summed E-state index contributed by atoms with van der Waals surface area (Å²) in [7, 11) is 0. The van der Waals surface area contributed by atoms with Gasteiger partial charge in [-0.1, -0.05) is 74.4 Å². The van der Waals surface area contributed by atoms with Crippen LogP contribution in [0.3, 0.4) is 0 Å². The van der Waals surface area contributed by atoms with Crippen LogP contribution in [0.25, 0.3) is 0 Å². The molecule has 0 fully saturated rings. The fourth-order valence-corrected chi connectivity index (χ4v) is 4.10. The molecule has 0 aliphatic carbocycles. The molecule has 0 bridgehead atoms. The van der Waals surface area contributed by atoms with E-state index in [9.17, 15) is 19.8 Å². The van der Waals surface area contributed by atoms with Crippen molar-refractivity contribution in [2.24, 2.45) is 9.98 Å². The molecule has 0 aliphatic rings. The molecule has 44 heavy (non-hydrogen) atoms. The van der Waals surface area contributed by atoms with E-state index in [4.69, 9.17) is 15.2 Å². The third-order valence-electron chi connectivity index (χ3n) is 6.72. The number of rotatable bonds is 8. The second kappa shape index (κ2) is 15.7. The predicted octanol–water partition coefficient (Wildman–Crippen LogP) is 7.55. The van der Waals surface area contributed by atoms with Gasteiger partial charge in [-0.3, -0.25) is 19.6 Å². The average molecular weight is 656 g/mol. The quantitative estimate of drug-likeness (QED) is 0.217. The Morgan fingerprint density at radius 3 is 1.52 bits per heavy atom. The summed E-state index contributed by atoms with van der Waals surface area (Å²) in [4.78, 5) is 28.7. The van der Waals surface area contributed by atoms with Gasteiger partial charge in [-0.25, -0.2) is 0 Å². The van der Waals surface area contributed by atoms with Crippen molar-refractivity contribution >= 4 is 24.4 Å². The van der Waals surface area contributed by atoms with Crippen LogP contribution in [0.5, 0.6) is 11.5 Å². The normalized spacial score (nSPS) is 12.5. The van der Waals surface area contributed by atoms with Gasteiger partial charge in [0.25, 0.3) is 0 Å². The molecule has 0 saturated heterocycles. The first-order valence-corrected chi connectivity index (χ1v) is 14.6. The van der Waals surface area contributed by atoms with Crippen molar-refractivity contribution in [3.8, 4) is 11.5 Å². The van der Waals surface area contributed by atoms with Gasteiger partial charge < -0.3 is 20.4 Å². The molecule has 0 saturated carbocycles. The largest absolute Gasteiger partial charge is 0.507 e. The number of carboxylic acids is 2. The monoisotopic (exact) mass is 655 g/mol. The predicted molar refractivity (Wildman–Crippen MR) is 176 cm³/mol. The summed E-state index contributed by atoms with van der Waals surface area (Å²) in [5.41, 5.74) is 4.69. The zero-order chi connectivity index (χ0) is 33.6. The number of phenolic OH excluding ortho intramolecular Hbond substituents is 2. The number of benzene rings is 2. The summed E-state index contributed by atoms with van der Waals surface area (Å²) in [6.45, 7) is 25.7. The summed E-state index contributed by atoms with van der Waals surface area (Å²) in [6, 6.07) is 8.13. The molecule has 0 amide bonds. The standard InChI is InChI=1S/C31H46N2O2.C4H6O4.Co/c1-20-13-21(26(34)24(14-20)29(5,6)7)17-32-19-31(11,12)33-18-22-15-23(28(2,3)4)16-25(27(22)35)30(8,9)10;5-3(6)1-2-4(7)8;/h13-18,34-35H,19H2,1-12H3;1-2H2,(H,5,6)(H,7,8);. The third-order valence-corrected chi connectivity index (χ3v) is 6.72. The van der Waals surface area contributed by atoms with Gasteiger partial charge in [0.15, 0.2) is 0 Å². The van der Waals surface area contributed by atoms with Crippen molar-refractivity contribution in [2.75, 3.05) is 6.54 Å². The molecule has 1 radical (unpaired) electrons. The molecule has 0 spiro atoms. The SMILES string of the molecule is Cc1cc(C=NCC(C)(C)N=Cc2cc(C(C)(C)C)cc(C(C)(C)C)c2O)c(O)c(C(C)(C)C)c1.O=C(O)CCC(=O)O.[Co]. The van der Waals surface area contributed by atoms with E-state index in [-0.39, 0.29) is 57.4 Å². The maximum atomic E-state index is 11.0. The second-order valence-corrected chi connectivity index (χ2v) is 14.8. The van der Waals surface area contributed by atoms with Gasteiger partial charge in [0.2, 0.25) is 0 Å². The molecule has 2 aromatic rings. The molecule has 247 valence electrons. The Balaban J connectivity index is 0.00000180. The minimum Gasteiger partial charge on any atom is -0.507 e. The third kappa shape index (κ3) is 13.2. The number of aryl methyl sites for hydroxylation is 1. The number of phenols is 2. The molecular formula is C35H52CoN2O6. The van der Waals surface area contributed by atoms with Gasteiger partial charge in [0.1, 0.15) is 11.5 Å². The van der Waals surface area contributed by atoms with Crippen LogP contribution in [0.15, 0.2) is 34.3 Å². The van der Waals surface area contributed by atoms with E-state index in [1.165, 1.54) is 5.56 Å². The van der Waals surface area contributed by atoms with Gasteiger partial charge in [-0.05, 0) is 60.3 Å². The van der Waals surface area contributed by atoms with Crippen LogP contribution in [0.1, 0.15) is 122 Å². The Labute approximate surface area is 273 Å². The molecule has 2 rings (SSSR count). The number of nitrogens with zero attached hydrogens (tertiary/aromatic N) is 2. The van der Waals surface area contributed by atoms with Gasteiger partial charge in [0.05, 0.1) is 24.9 Å². The van der Waals surface area contributed by atoms with Crippen LogP contribution in [-0.2, 0) is 42.6 Å². The van der Waals surface area contributed by atoms with E-state index in [0.717, 1.165) is 27.8 Å².